The van der Waals surface area contributed by atoms with E-state index >= 15 is 0 Å². The van der Waals surface area contributed by atoms with E-state index in [4.69, 9.17) is 0 Å². The van der Waals surface area contributed by atoms with Crippen molar-refractivity contribution in [1.29, 1.82) is 0 Å². The van der Waals surface area contributed by atoms with Crippen LogP contribution in [0.15, 0.2) is 54.6 Å². The van der Waals surface area contributed by atoms with Gasteiger partial charge >= 0.3 is 0 Å². The number of nitrogens with zero attached hydrogens (tertiary/aromatic N) is 1. The minimum Gasteiger partial charge on any atom is -0.350 e. The van der Waals surface area contributed by atoms with Gasteiger partial charge in [-0.25, -0.2) is 4.39 Å². The number of carbonyl (C=O) groups is 2. The average Bonchev–Trinajstić information content (AvgIpc) is 2.51. The Kier molecular flexibility index (Phi) is 5.25. The van der Waals surface area contributed by atoms with E-state index < -0.39 is 5.82 Å². The van der Waals surface area contributed by atoms with E-state index in [2.05, 4.69) is 5.32 Å². The Morgan fingerprint density at radius 3 is 2.45 bits per heavy atom. The molecule has 0 spiro atoms. The molecule has 0 saturated carbocycles. The van der Waals surface area contributed by atoms with Crippen LogP contribution in [0.3, 0.4) is 0 Å². The van der Waals surface area contributed by atoms with E-state index in [0.29, 0.717) is 11.3 Å². The number of hydrogen-bond donors (Lipinski definition) is 1. The average molecular weight is 300 g/mol. The molecule has 0 heterocycles. The lowest BCUT2D eigenvalue weighted by Gasteiger charge is -2.21. The van der Waals surface area contributed by atoms with Gasteiger partial charge in [0, 0.05) is 31.3 Å². The zero-order valence-corrected chi connectivity index (χ0v) is 12.3. The maximum Gasteiger partial charge on any atom is 0.251 e. The number of halogens is 1. The molecule has 0 aromatic heterocycles. The highest BCUT2D eigenvalue weighted by Crippen LogP contribution is 2.15. The summed E-state index contributed by atoms with van der Waals surface area (Å²) >= 11 is 0. The Labute approximate surface area is 128 Å². The number of anilines is 1. The summed E-state index contributed by atoms with van der Waals surface area (Å²) in [5.74, 6) is -0.819. The Morgan fingerprint density at radius 2 is 1.82 bits per heavy atom. The zero-order chi connectivity index (χ0) is 15.9. The van der Waals surface area contributed by atoms with Crippen LogP contribution in [0.1, 0.15) is 17.3 Å². The molecule has 0 unspecified atom stereocenters. The van der Waals surface area contributed by atoms with Crippen molar-refractivity contribution >= 4 is 17.5 Å². The molecule has 2 aromatic rings. The summed E-state index contributed by atoms with van der Waals surface area (Å²) in [6, 6.07) is 14.6. The van der Waals surface area contributed by atoms with Crippen molar-refractivity contribution in [3.63, 3.8) is 0 Å². The summed E-state index contributed by atoms with van der Waals surface area (Å²) < 4.78 is 13.3. The first-order valence-corrected chi connectivity index (χ1v) is 6.95. The molecular formula is C17H17FN2O2. The molecule has 22 heavy (non-hydrogen) atoms. The molecule has 114 valence electrons. The van der Waals surface area contributed by atoms with Crippen LogP contribution in [0.4, 0.5) is 10.1 Å². The zero-order valence-electron chi connectivity index (χ0n) is 12.3. The van der Waals surface area contributed by atoms with Gasteiger partial charge in [-0.3, -0.25) is 9.59 Å². The fourth-order valence-corrected chi connectivity index (χ4v) is 2.09. The lowest BCUT2D eigenvalue weighted by Crippen LogP contribution is -2.37. The summed E-state index contributed by atoms with van der Waals surface area (Å²) in [5.41, 5.74) is 1.03. The third kappa shape index (κ3) is 4.15. The Hall–Kier alpha value is -2.69. The maximum atomic E-state index is 13.3. The Morgan fingerprint density at radius 1 is 1.09 bits per heavy atom. The van der Waals surface area contributed by atoms with Crippen molar-refractivity contribution in [3.05, 3.63) is 66.0 Å². The third-order valence-corrected chi connectivity index (χ3v) is 3.16. The number of rotatable bonds is 5. The van der Waals surface area contributed by atoms with E-state index in [9.17, 15) is 14.0 Å². The second-order valence-corrected chi connectivity index (χ2v) is 4.77. The van der Waals surface area contributed by atoms with Gasteiger partial charge in [-0.1, -0.05) is 24.3 Å². The fourth-order valence-electron chi connectivity index (χ4n) is 2.09. The highest BCUT2D eigenvalue weighted by atomic mass is 19.1. The topological polar surface area (TPSA) is 49.4 Å². The number of carbonyl (C=O) groups excluding carboxylic acids is 2. The Bertz CT molecular complexity index is 659. The molecule has 0 bridgehead atoms. The van der Waals surface area contributed by atoms with Gasteiger partial charge in [0.05, 0.1) is 0 Å². The monoisotopic (exact) mass is 300 g/mol. The second-order valence-electron chi connectivity index (χ2n) is 4.77. The largest absolute Gasteiger partial charge is 0.350 e. The van der Waals surface area contributed by atoms with Crippen LogP contribution in [0.2, 0.25) is 0 Å². The van der Waals surface area contributed by atoms with E-state index in [1.807, 2.05) is 6.07 Å². The van der Waals surface area contributed by atoms with Crippen LogP contribution in [-0.2, 0) is 4.79 Å². The number of amides is 2. The first kappa shape index (κ1) is 15.7. The predicted octanol–water partition coefficient (Wildman–Crippen LogP) is 2.61. The van der Waals surface area contributed by atoms with Crippen LogP contribution >= 0.6 is 0 Å². The van der Waals surface area contributed by atoms with Gasteiger partial charge in [-0.2, -0.15) is 0 Å². The van der Waals surface area contributed by atoms with Gasteiger partial charge in [0.25, 0.3) is 5.91 Å². The second kappa shape index (κ2) is 7.36. The lowest BCUT2D eigenvalue weighted by atomic mass is 10.2. The van der Waals surface area contributed by atoms with E-state index in [1.54, 1.807) is 36.4 Å². The van der Waals surface area contributed by atoms with E-state index in [-0.39, 0.29) is 24.9 Å². The molecule has 0 radical (unpaired) electrons. The molecular weight excluding hydrogens is 283 g/mol. The highest BCUT2D eigenvalue weighted by molar-refractivity contribution is 5.94. The molecule has 0 aliphatic heterocycles. The number of benzene rings is 2. The highest BCUT2D eigenvalue weighted by Gasteiger charge is 2.12. The molecule has 1 N–H and O–H groups in total. The van der Waals surface area contributed by atoms with E-state index in [1.165, 1.54) is 24.0 Å². The molecule has 0 aliphatic rings. The molecule has 0 aliphatic carbocycles. The smallest absolute Gasteiger partial charge is 0.251 e. The van der Waals surface area contributed by atoms with Gasteiger partial charge in [-0.05, 0) is 30.3 Å². The lowest BCUT2D eigenvalue weighted by molar-refractivity contribution is -0.116. The van der Waals surface area contributed by atoms with Gasteiger partial charge in [-0.15, -0.1) is 0 Å². The summed E-state index contributed by atoms with van der Waals surface area (Å²) in [4.78, 5) is 25.0. The van der Waals surface area contributed by atoms with Crippen LogP contribution < -0.4 is 10.2 Å². The minimum atomic E-state index is -0.405. The third-order valence-electron chi connectivity index (χ3n) is 3.16. The molecule has 2 rings (SSSR count). The minimum absolute atomic E-state index is 0.205. The fraction of sp³-hybridized carbons (Fsp3) is 0.176. The quantitative estimate of drug-likeness (QED) is 0.922. The number of hydrogen-bond acceptors (Lipinski definition) is 2. The molecule has 4 nitrogen and oxygen atoms in total. The first-order valence-electron chi connectivity index (χ1n) is 6.95. The summed E-state index contributed by atoms with van der Waals surface area (Å²) in [6.07, 6.45) is 0. The van der Waals surface area contributed by atoms with Crippen molar-refractivity contribution in [2.75, 3.05) is 18.0 Å². The molecule has 5 heteroatoms. The van der Waals surface area contributed by atoms with Crippen LogP contribution in [-0.4, -0.2) is 24.9 Å². The van der Waals surface area contributed by atoms with Crippen molar-refractivity contribution in [2.45, 2.75) is 6.92 Å². The standard InChI is InChI=1S/C17H17FN2O2/c1-13(21)20(16-9-5-8-15(18)12-16)11-10-19-17(22)14-6-3-2-4-7-14/h2-9,12H,10-11H2,1H3,(H,19,22). The van der Waals surface area contributed by atoms with Crippen LogP contribution in [0.25, 0.3) is 0 Å². The van der Waals surface area contributed by atoms with Crippen molar-refractivity contribution in [1.82, 2.24) is 5.32 Å². The molecule has 0 fully saturated rings. The van der Waals surface area contributed by atoms with E-state index in [0.717, 1.165) is 0 Å². The summed E-state index contributed by atoms with van der Waals surface area (Å²) in [5, 5.41) is 2.74. The molecule has 2 amide bonds. The van der Waals surface area contributed by atoms with Crippen molar-refractivity contribution < 1.29 is 14.0 Å². The van der Waals surface area contributed by atoms with Gasteiger partial charge in [0.15, 0.2) is 0 Å². The van der Waals surface area contributed by atoms with Gasteiger partial charge in [0.2, 0.25) is 5.91 Å². The summed E-state index contributed by atoms with van der Waals surface area (Å²) in [6.45, 7) is 1.96. The SMILES string of the molecule is CC(=O)N(CCNC(=O)c1ccccc1)c1cccc(F)c1. The van der Waals surface area contributed by atoms with Gasteiger partial charge < -0.3 is 10.2 Å². The Balaban J connectivity index is 1.96. The predicted molar refractivity (Wildman–Crippen MR) is 83.2 cm³/mol. The molecule has 0 atom stereocenters. The maximum absolute atomic E-state index is 13.3. The van der Waals surface area contributed by atoms with Crippen LogP contribution in [0, 0.1) is 5.82 Å². The van der Waals surface area contributed by atoms with Crippen molar-refractivity contribution in [3.8, 4) is 0 Å². The van der Waals surface area contributed by atoms with Crippen LogP contribution in [0.5, 0.6) is 0 Å². The van der Waals surface area contributed by atoms with Gasteiger partial charge in [0.1, 0.15) is 5.82 Å². The molecule has 2 aromatic carbocycles. The molecule has 0 saturated heterocycles. The number of nitrogens with one attached hydrogen (secondary N) is 1. The first-order chi connectivity index (χ1) is 10.6. The van der Waals surface area contributed by atoms with Crippen molar-refractivity contribution in [2.24, 2.45) is 0 Å². The summed E-state index contributed by atoms with van der Waals surface area (Å²) in [7, 11) is 0. The normalized spacial score (nSPS) is 10.1.